The Hall–Kier alpha value is -1.77. The third-order valence-electron chi connectivity index (χ3n) is 2.98. The summed E-state index contributed by atoms with van der Waals surface area (Å²) in [5.41, 5.74) is 1.20. The number of rotatable bonds is 4. The van der Waals surface area contributed by atoms with Gasteiger partial charge in [-0.1, -0.05) is 52.5 Å². The number of para-hydroxylation sites is 1. The minimum absolute atomic E-state index is 0.00616. The third kappa shape index (κ3) is 4.00. The second-order valence-electron chi connectivity index (χ2n) is 4.68. The van der Waals surface area contributed by atoms with Crippen LogP contribution in [0.2, 0.25) is 20.2 Å². The Labute approximate surface area is 158 Å². The third-order valence-corrected chi connectivity index (χ3v) is 4.35. The van der Waals surface area contributed by atoms with Crippen molar-refractivity contribution in [1.29, 1.82) is 5.26 Å². The first-order valence-corrected chi connectivity index (χ1v) is 8.04. The summed E-state index contributed by atoms with van der Waals surface area (Å²) in [6, 6.07) is 6.93. The highest BCUT2D eigenvalue weighted by atomic mass is 35.5. The normalized spacial score (nSPS) is 11.1. The lowest BCUT2D eigenvalue weighted by Crippen LogP contribution is -2.05. The molecular weight excluding hydrogens is 392 g/mol. The molecule has 4 nitrogen and oxygen atoms in total. The van der Waals surface area contributed by atoms with Gasteiger partial charge in [-0.05, 0) is 19.1 Å². The summed E-state index contributed by atoms with van der Waals surface area (Å²) < 4.78 is 0. The first-order chi connectivity index (χ1) is 11.3. The molecule has 8 heteroatoms. The van der Waals surface area contributed by atoms with Crippen LogP contribution in [0.4, 0.5) is 5.69 Å². The van der Waals surface area contributed by atoms with Gasteiger partial charge in [-0.3, -0.25) is 4.79 Å². The Morgan fingerprint density at radius 3 is 2.62 bits per heavy atom. The highest BCUT2D eigenvalue weighted by molar-refractivity contribution is 6.46. The summed E-state index contributed by atoms with van der Waals surface area (Å²) >= 11 is 23.9. The molecule has 0 spiro atoms. The number of aromatic nitrogens is 1. The van der Waals surface area contributed by atoms with E-state index in [1.54, 1.807) is 25.1 Å². The van der Waals surface area contributed by atoms with E-state index in [1.807, 2.05) is 6.07 Å². The second kappa shape index (κ2) is 7.87. The monoisotopic (exact) mass is 399 g/mol. The van der Waals surface area contributed by atoms with E-state index in [0.29, 0.717) is 22.0 Å². The van der Waals surface area contributed by atoms with E-state index >= 15 is 0 Å². The molecule has 2 rings (SSSR count). The van der Waals surface area contributed by atoms with Crippen LogP contribution in [0, 0.1) is 11.3 Å². The predicted octanol–water partition coefficient (Wildman–Crippen LogP) is 5.77. The molecule has 0 aliphatic heterocycles. The molecule has 24 heavy (non-hydrogen) atoms. The van der Waals surface area contributed by atoms with E-state index in [-0.39, 0.29) is 20.8 Å². The molecule has 0 bridgehead atoms. The summed E-state index contributed by atoms with van der Waals surface area (Å²) in [6.45, 7) is 1.64. The second-order valence-corrected chi connectivity index (χ2v) is 6.23. The van der Waals surface area contributed by atoms with E-state index in [2.05, 4.69) is 10.3 Å². The number of ketones is 1. The molecule has 0 aliphatic rings. The number of pyridine rings is 1. The fourth-order valence-electron chi connectivity index (χ4n) is 1.90. The molecule has 0 saturated heterocycles. The molecule has 1 heterocycles. The summed E-state index contributed by atoms with van der Waals surface area (Å²) in [6.07, 6.45) is 2.54. The number of hydrogen-bond donors (Lipinski definition) is 1. The lowest BCUT2D eigenvalue weighted by atomic mass is 10.1. The number of benzene rings is 1. The lowest BCUT2D eigenvalue weighted by molar-refractivity contribution is 0.104. The highest BCUT2D eigenvalue weighted by Gasteiger charge is 2.17. The number of carbonyl (C=O) groups excluding carboxylic acids is 1. The zero-order chi connectivity index (χ0) is 17.9. The average Bonchev–Trinajstić information content (AvgIpc) is 2.53. The van der Waals surface area contributed by atoms with Gasteiger partial charge in [0.15, 0.2) is 5.78 Å². The molecule has 1 N–H and O–H groups in total. The van der Waals surface area contributed by atoms with Gasteiger partial charge in [0.05, 0.1) is 31.9 Å². The van der Waals surface area contributed by atoms with Gasteiger partial charge < -0.3 is 5.32 Å². The molecule has 0 atom stereocenters. The van der Waals surface area contributed by atoms with Gasteiger partial charge in [-0.15, -0.1) is 0 Å². The Bertz CT molecular complexity index is 888. The minimum atomic E-state index is -0.476. The molecule has 0 fully saturated rings. The number of allylic oxidation sites excluding steroid dienone is 2. The maximum atomic E-state index is 12.4. The van der Waals surface area contributed by atoms with E-state index < -0.39 is 5.78 Å². The molecule has 122 valence electrons. The van der Waals surface area contributed by atoms with Gasteiger partial charge in [0, 0.05) is 18.0 Å². The van der Waals surface area contributed by atoms with Crippen molar-refractivity contribution in [3.05, 3.63) is 67.5 Å². The molecule has 1 aromatic carbocycles. The van der Waals surface area contributed by atoms with Crippen LogP contribution in [0.3, 0.4) is 0 Å². The Morgan fingerprint density at radius 2 is 1.96 bits per heavy atom. The number of nitrogens with zero attached hydrogens (tertiary/aromatic N) is 2. The maximum absolute atomic E-state index is 12.4. The van der Waals surface area contributed by atoms with Crippen LogP contribution >= 0.6 is 46.4 Å². The van der Waals surface area contributed by atoms with Crippen LogP contribution in [0.25, 0.3) is 0 Å². The van der Waals surface area contributed by atoms with Crippen molar-refractivity contribution in [2.75, 3.05) is 5.32 Å². The van der Waals surface area contributed by atoms with E-state index in [0.717, 1.165) is 0 Å². The van der Waals surface area contributed by atoms with Crippen LogP contribution < -0.4 is 5.32 Å². The molecule has 0 aliphatic carbocycles. The van der Waals surface area contributed by atoms with Crippen molar-refractivity contribution in [1.82, 2.24) is 4.98 Å². The SMILES string of the molecule is C/C(=C\C(=O)c1c(Cl)ncc(Cl)c1Cl)Nc1c(Cl)cccc1C#N. The number of nitriles is 1. The molecule has 0 saturated carbocycles. The molecule has 0 radical (unpaired) electrons. The van der Waals surface area contributed by atoms with Crippen molar-refractivity contribution >= 4 is 57.9 Å². The number of anilines is 1. The average molecular weight is 401 g/mol. The van der Waals surface area contributed by atoms with Crippen LogP contribution in [0.5, 0.6) is 0 Å². The fraction of sp³-hybridized carbons (Fsp3) is 0.0625. The molecule has 0 amide bonds. The number of hydrogen-bond acceptors (Lipinski definition) is 4. The van der Waals surface area contributed by atoms with Crippen LogP contribution in [0.15, 0.2) is 36.2 Å². The molecule has 0 unspecified atom stereocenters. The van der Waals surface area contributed by atoms with Crippen LogP contribution in [-0.4, -0.2) is 10.8 Å². The van der Waals surface area contributed by atoms with Crippen molar-refractivity contribution in [3.63, 3.8) is 0 Å². The number of halogens is 4. The molecule has 2 aromatic rings. The van der Waals surface area contributed by atoms with Crippen LogP contribution in [0.1, 0.15) is 22.8 Å². The molecule has 1 aromatic heterocycles. The number of nitrogens with one attached hydrogen (secondary N) is 1. The summed E-state index contributed by atoms with van der Waals surface area (Å²) in [5.74, 6) is -0.476. The van der Waals surface area contributed by atoms with Gasteiger partial charge in [0.25, 0.3) is 0 Å². The zero-order valence-corrected chi connectivity index (χ0v) is 15.2. The van der Waals surface area contributed by atoms with Crippen molar-refractivity contribution in [2.45, 2.75) is 6.92 Å². The first-order valence-electron chi connectivity index (χ1n) is 6.53. The van der Waals surface area contributed by atoms with Gasteiger partial charge in [0.2, 0.25) is 0 Å². The zero-order valence-electron chi connectivity index (χ0n) is 12.2. The fourth-order valence-corrected chi connectivity index (χ4v) is 2.78. The van der Waals surface area contributed by atoms with E-state index in [4.69, 9.17) is 51.7 Å². The van der Waals surface area contributed by atoms with Gasteiger partial charge >= 0.3 is 0 Å². The van der Waals surface area contributed by atoms with Gasteiger partial charge in [-0.25, -0.2) is 4.98 Å². The minimum Gasteiger partial charge on any atom is -0.357 e. The molecular formula is C16H9Cl4N3O. The van der Waals surface area contributed by atoms with Crippen molar-refractivity contribution < 1.29 is 4.79 Å². The summed E-state index contributed by atoms with van der Waals surface area (Å²) in [7, 11) is 0. The Balaban J connectivity index is 2.35. The summed E-state index contributed by atoms with van der Waals surface area (Å²) in [4.78, 5) is 16.2. The predicted molar refractivity (Wildman–Crippen MR) is 97.1 cm³/mol. The maximum Gasteiger partial charge on any atom is 0.192 e. The largest absolute Gasteiger partial charge is 0.357 e. The van der Waals surface area contributed by atoms with E-state index in [1.165, 1.54) is 12.3 Å². The van der Waals surface area contributed by atoms with Gasteiger partial charge in [-0.2, -0.15) is 5.26 Å². The van der Waals surface area contributed by atoms with Crippen LogP contribution in [-0.2, 0) is 0 Å². The smallest absolute Gasteiger partial charge is 0.192 e. The first kappa shape index (κ1) is 18.6. The lowest BCUT2D eigenvalue weighted by Gasteiger charge is -2.11. The highest BCUT2D eigenvalue weighted by Crippen LogP contribution is 2.31. The Kier molecular flexibility index (Phi) is 6.09. The van der Waals surface area contributed by atoms with Crippen molar-refractivity contribution in [3.8, 4) is 6.07 Å². The summed E-state index contributed by atoms with van der Waals surface area (Å²) in [5, 5.41) is 12.5. The van der Waals surface area contributed by atoms with Gasteiger partial charge in [0.1, 0.15) is 11.2 Å². The quantitative estimate of drug-likeness (QED) is 0.402. The topological polar surface area (TPSA) is 65.8 Å². The standard InChI is InChI=1S/C16H9Cl4N3O/c1-8(23-15-9(6-21)3-2-4-10(15)17)5-12(24)13-14(19)11(18)7-22-16(13)20/h2-5,7,23H,1H3/b8-5+. The van der Waals surface area contributed by atoms with Crippen molar-refractivity contribution in [2.24, 2.45) is 0 Å². The Morgan fingerprint density at radius 1 is 1.25 bits per heavy atom. The number of carbonyl (C=O) groups is 1. The van der Waals surface area contributed by atoms with E-state index in [9.17, 15) is 4.79 Å².